The van der Waals surface area contributed by atoms with E-state index in [9.17, 15) is 4.79 Å². The number of hydrogen-bond donors (Lipinski definition) is 1. The van der Waals surface area contributed by atoms with Gasteiger partial charge in [0.25, 0.3) is 5.91 Å². The van der Waals surface area contributed by atoms with Crippen LogP contribution in [0.2, 0.25) is 0 Å². The van der Waals surface area contributed by atoms with E-state index in [1.54, 1.807) is 31.6 Å². The molecule has 0 aliphatic rings. The van der Waals surface area contributed by atoms with Gasteiger partial charge >= 0.3 is 0 Å². The zero-order chi connectivity index (χ0) is 17.5. The van der Waals surface area contributed by atoms with Crippen LogP contribution in [0.25, 0.3) is 11.0 Å². The maximum atomic E-state index is 12.0. The van der Waals surface area contributed by atoms with Gasteiger partial charge in [-0.15, -0.1) is 0 Å². The minimum Gasteiger partial charge on any atom is -0.383 e. The summed E-state index contributed by atoms with van der Waals surface area (Å²) in [6.07, 6.45) is 4.84. The number of hydrogen-bond acceptors (Lipinski definition) is 4. The van der Waals surface area contributed by atoms with Gasteiger partial charge in [0.1, 0.15) is 5.82 Å². The summed E-state index contributed by atoms with van der Waals surface area (Å²) in [5.41, 5.74) is 2.69. The lowest BCUT2D eigenvalue weighted by Crippen LogP contribution is -2.25. The molecule has 6 heteroatoms. The van der Waals surface area contributed by atoms with Crippen molar-refractivity contribution >= 4 is 16.9 Å². The Morgan fingerprint density at radius 3 is 2.92 bits per heavy atom. The molecule has 0 bridgehead atoms. The molecule has 3 rings (SSSR count). The fourth-order valence-corrected chi connectivity index (χ4v) is 2.80. The Bertz CT molecular complexity index is 830. The van der Waals surface area contributed by atoms with Crippen molar-refractivity contribution in [2.75, 3.05) is 20.3 Å². The zero-order valence-corrected chi connectivity index (χ0v) is 14.3. The monoisotopic (exact) mass is 338 g/mol. The molecule has 0 fully saturated rings. The molecule has 0 saturated heterocycles. The summed E-state index contributed by atoms with van der Waals surface area (Å²) in [5, 5.41) is 2.92. The number of nitrogens with one attached hydrogen (secondary N) is 1. The highest BCUT2D eigenvalue weighted by atomic mass is 16.5. The standard InChI is InChI=1S/C19H22N4O2/c1-25-13-12-23-17-8-3-2-7-16(17)22-18(23)9-5-11-21-19(24)15-6-4-10-20-14-15/h2-4,6-8,10,14H,5,9,11-13H2,1H3,(H,21,24). The van der Waals surface area contributed by atoms with Gasteiger partial charge in [0.05, 0.1) is 23.2 Å². The maximum absolute atomic E-state index is 12.0. The van der Waals surface area contributed by atoms with Crippen molar-refractivity contribution in [2.24, 2.45) is 0 Å². The zero-order valence-electron chi connectivity index (χ0n) is 14.3. The third-order valence-electron chi connectivity index (χ3n) is 4.04. The Morgan fingerprint density at radius 1 is 1.24 bits per heavy atom. The Morgan fingerprint density at radius 2 is 2.12 bits per heavy atom. The van der Waals surface area contributed by atoms with Crippen LogP contribution >= 0.6 is 0 Å². The summed E-state index contributed by atoms with van der Waals surface area (Å²) in [7, 11) is 1.70. The lowest BCUT2D eigenvalue weighted by molar-refractivity contribution is 0.0953. The van der Waals surface area contributed by atoms with E-state index in [4.69, 9.17) is 9.72 Å². The van der Waals surface area contributed by atoms with Gasteiger partial charge in [0.15, 0.2) is 0 Å². The van der Waals surface area contributed by atoms with Gasteiger partial charge < -0.3 is 14.6 Å². The van der Waals surface area contributed by atoms with E-state index in [1.165, 1.54) is 0 Å². The fraction of sp³-hybridized carbons (Fsp3) is 0.316. The van der Waals surface area contributed by atoms with Crippen LogP contribution in [-0.4, -0.2) is 40.7 Å². The Labute approximate surface area is 146 Å². The highest BCUT2D eigenvalue weighted by Crippen LogP contribution is 2.17. The van der Waals surface area contributed by atoms with E-state index in [0.717, 1.165) is 36.2 Å². The third-order valence-corrected chi connectivity index (χ3v) is 4.04. The molecule has 1 amide bonds. The summed E-state index contributed by atoms with van der Waals surface area (Å²) in [5.74, 6) is 0.926. The summed E-state index contributed by atoms with van der Waals surface area (Å²) < 4.78 is 7.41. The highest BCUT2D eigenvalue weighted by molar-refractivity contribution is 5.93. The summed E-state index contributed by atoms with van der Waals surface area (Å²) in [6, 6.07) is 11.6. The Balaban J connectivity index is 1.60. The molecule has 6 nitrogen and oxygen atoms in total. The summed E-state index contributed by atoms with van der Waals surface area (Å²) in [4.78, 5) is 20.7. The van der Waals surface area contributed by atoms with Crippen molar-refractivity contribution in [3.8, 4) is 0 Å². The van der Waals surface area contributed by atoms with Gasteiger partial charge in [-0.2, -0.15) is 0 Å². The second-order valence-electron chi connectivity index (χ2n) is 5.76. The largest absolute Gasteiger partial charge is 0.383 e. The number of rotatable bonds is 8. The van der Waals surface area contributed by atoms with Gasteiger partial charge in [-0.05, 0) is 30.7 Å². The van der Waals surface area contributed by atoms with E-state index in [2.05, 4.69) is 20.9 Å². The first-order chi connectivity index (χ1) is 12.3. The number of pyridine rings is 1. The van der Waals surface area contributed by atoms with Gasteiger partial charge in [0.2, 0.25) is 0 Å². The fourth-order valence-electron chi connectivity index (χ4n) is 2.80. The predicted molar refractivity (Wildman–Crippen MR) is 96.5 cm³/mol. The van der Waals surface area contributed by atoms with Crippen molar-refractivity contribution in [2.45, 2.75) is 19.4 Å². The third kappa shape index (κ3) is 4.22. The smallest absolute Gasteiger partial charge is 0.252 e. The number of imidazole rings is 1. The molecule has 0 aliphatic heterocycles. The number of nitrogens with zero attached hydrogens (tertiary/aromatic N) is 3. The van der Waals surface area contributed by atoms with Crippen molar-refractivity contribution in [1.29, 1.82) is 0 Å². The van der Waals surface area contributed by atoms with Crippen LogP contribution in [0, 0.1) is 0 Å². The van der Waals surface area contributed by atoms with Gasteiger partial charge in [-0.1, -0.05) is 12.1 Å². The molecular formula is C19H22N4O2. The molecule has 3 aromatic rings. The van der Waals surface area contributed by atoms with Crippen molar-refractivity contribution in [3.63, 3.8) is 0 Å². The van der Waals surface area contributed by atoms with E-state index >= 15 is 0 Å². The molecule has 25 heavy (non-hydrogen) atoms. The molecule has 0 atom stereocenters. The molecular weight excluding hydrogens is 316 g/mol. The first kappa shape index (κ1) is 17.1. The molecule has 0 saturated carbocycles. The number of aromatic nitrogens is 3. The van der Waals surface area contributed by atoms with E-state index in [0.29, 0.717) is 18.7 Å². The summed E-state index contributed by atoms with van der Waals surface area (Å²) >= 11 is 0. The average Bonchev–Trinajstić information content (AvgIpc) is 3.01. The average molecular weight is 338 g/mol. The predicted octanol–water partition coefficient (Wildman–Crippen LogP) is 2.44. The molecule has 1 N–H and O–H groups in total. The van der Waals surface area contributed by atoms with E-state index in [-0.39, 0.29) is 5.91 Å². The Hall–Kier alpha value is -2.73. The molecule has 0 radical (unpaired) electrons. The number of para-hydroxylation sites is 2. The van der Waals surface area contributed by atoms with Gasteiger partial charge in [-0.25, -0.2) is 4.98 Å². The molecule has 2 aromatic heterocycles. The quantitative estimate of drug-likeness (QED) is 0.641. The number of carbonyl (C=O) groups is 1. The lowest BCUT2D eigenvalue weighted by atomic mass is 10.2. The van der Waals surface area contributed by atoms with E-state index in [1.807, 2.05) is 18.2 Å². The normalized spacial score (nSPS) is 10.9. The number of fused-ring (bicyclic) bond motifs is 1. The van der Waals surface area contributed by atoms with Gasteiger partial charge in [-0.3, -0.25) is 9.78 Å². The van der Waals surface area contributed by atoms with Crippen molar-refractivity contribution in [1.82, 2.24) is 19.9 Å². The number of benzene rings is 1. The number of methoxy groups -OCH3 is 1. The molecule has 0 spiro atoms. The molecule has 130 valence electrons. The van der Waals surface area contributed by atoms with Crippen LogP contribution in [0.1, 0.15) is 22.6 Å². The SMILES string of the molecule is COCCn1c(CCCNC(=O)c2cccnc2)nc2ccccc21. The van der Waals surface area contributed by atoms with Crippen LogP contribution in [0.5, 0.6) is 0 Å². The minimum atomic E-state index is -0.0963. The lowest BCUT2D eigenvalue weighted by Gasteiger charge is -2.09. The second-order valence-corrected chi connectivity index (χ2v) is 5.76. The van der Waals surface area contributed by atoms with Crippen molar-refractivity contribution < 1.29 is 9.53 Å². The molecule has 0 aliphatic carbocycles. The number of amides is 1. The van der Waals surface area contributed by atoms with Crippen LogP contribution < -0.4 is 5.32 Å². The van der Waals surface area contributed by atoms with Gasteiger partial charge in [0, 0.05) is 39.0 Å². The summed E-state index contributed by atoms with van der Waals surface area (Å²) in [6.45, 7) is 2.01. The van der Waals surface area contributed by atoms with Crippen LogP contribution in [-0.2, 0) is 17.7 Å². The van der Waals surface area contributed by atoms with Crippen LogP contribution in [0.15, 0.2) is 48.8 Å². The number of carbonyl (C=O) groups excluding carboxylic acids is 1. The second kappa shape index (κ2) is 8.39. The maximum Gasteiger partial charge on any atom is 0.252 e. The highest BCUT2D eigenvalue weighted by Gasteiger charge is 2.10. The van der Waals surface area contributed by atoms with E-state index < -0.39 is 0 Å². The topological polar surface area (TPSA) is 69.0 Å². The first-order valence-corrected chi connectivity index (χ1v) is 8.41. The molecule has 1 aromatic carbocycles. The first-order valence-electron chi connectivity index (χ1n) is 8.41. The van der Waals surface area contributed by atoms with Crippen LogP contribution in [0.3, 0.4) is 0 Å². The van der Waals surface area contributed by atoms with Crippen LogP contribution in [0.4, 0.5) is 0 Å². The van der Waals surface area contributed by atoms with Crippen molar-refractivity contribution in [3.05, 3.63) is 60.2 Å². The molecule has 0 unspecified atom stereocenters. The molecule has 2 heterocycles. The Kier molecular flexibility index (Phi) is 5.74. The number of aryl methyl sites for hydroxylation is 1. The number of ether oxygens (including phenoxy) is 1. The minimum absolute atomic E-state index is 0.0963.